The van der Waals surface area contributed by atoms with Gasteiger partial charge in [0, 0.05) is 43.8 Å². The number of hydrogen-bond acceptors (Lipinski definition) is 3. The van der Waals surface area contributed by atoms with Crippen molar-refractivity contribution >= 4 is 10.9 Å². The van der Waals surface area contributed by atoms with E-state index in [4.69, 9.17) is 0 Å². The first-order valence-electron chi connectivity index (χ1n) is 7.11. The number of pyridine rings is 1. The number of benzene rings is 1. The molecule has 1 aliphatic rings. The number of rotatable bonds is 2. The van der Waals surface area contributed by atoms with E-state index in [0.29, 0.717) is 6.04 Å². The van der Waals surface area contributed by atoms with Gasteiger partial charge in [0.25, 0.3) is 0 Å². The average Bonchev–Trinajstić information content (AvgIpc) is 2.64. The Bertz CT molecular complexity index is 547. The van der Waals surface area contributed by atoms with Crippen LogP contribution < -0.4 is 5.32 Å². The fraction of sp³-hybridized carbons (Fsp3) is 0.438. The number of para-hydroxylation sites is 1. The van der Waals surface area contributed by atoms with Crippen LogP contribution in [0, 0.1) is 0 Å². The van der Waals surface area contributed by atoms with Crippen LogP contribution in [0.4, 0.5) is 0 Å². The normalized spacial score (nSPS) is 21.4. The Labute approximate surface area is 114 Å². The van der Waals surface area contributed by atoms with Crippen LogP contribution in [0.5, 0.6) is 0 Å². The highest BCUT2D eigenvalue weighted by Crippen LogP contribution is 2.18. The van der Waals surface area contributed by atoms with Crippen LogP contribution in [-0.4, -0.2) is 35.6 Å². The highest BCUT2D eigenvalue weighted by molar-refractivity contribution is 5.81. The number of hydrogen-bond donors (Lipinski definition) is 1. The van der Waals surface area contributed by atoms with Crippen molar-refractivity contribution in [3.63, 3.8) is 0 Å². The van der Waals surface area contributed by atoms with Crippen LogP contribution in [0.2, 0.25) is 0 Å². The summed E-state index contributed by atoms with van der Waals surface area (Å²) in [7, 11) is 0. The van der Waals surface area contributed by atoms with Gasteiger partial charge in [-0.1, -0.05) is 24.3 Å². The Morgan fingerprint density at radius 3 is 3.11 bits per heavy atom. The molecule has 1 unspecified atom stereocenters. The molecule has 1 aromatic carbocycles. The first-order valence-corrected chi connectivity index (χ1v) is 7.11. The second-order valence-corrected chi connectivity index (χ2v) is 5.41. The molecule has 1 N–H and O–H groups in total. The van der Waals surface area contributed by atoms with E-state index < -0.39 is 0 Å². The second-order valence-electron chi connectivity index (χ2n) is 5.41. The monoisotopic (exact) mass is 255 g/mol. The van der Waals surface area contributed by atoms with E-state index in [9.17, 15) is 0 Å². The molecule has 3 rings (SSSR count). The lowest BCUT2D eigenvalue weighted by atomic mass is 10.1. The lowest BCUT2D eigenvalue weighted by molar-refractivity contribution is 0.283. The molecule has 0 amide bonds. The lowest BCUT2D eigenvalue weighted by Crippen LogP contribution is -2.28. The van der Waals surface area contributed by atoms with Crippen LogP contribution in [0.3, 0.4) is 0 Å². The summed E-state index contributed by atoms with van der Waals surface area (Å²) >= 11 is 0. The molecule has 1 aromatic heterocycles. The highest BCUT2D eigenvalue weighted by Gasteiger charge is 2.14. The largest absolute Gasteiger partial charge is 0.313 e. The molecule has 0 spiro atoms. The molecule has 0 radical (unpaired) electrons. The predicted octanol–water partition coefficient (Wildman–Crippen LogP) is 2.42. The van der Waals surface area contributed by atoms with Gasteiger partial charge in [-0.3, -0.25) is 9.88 Å². The van der Waals surface area contributed by atoms with Crippen LogP contribution >= 0.6 is 0 Å². The minimum absolute atomic E-state index is 0.635. The van der Waals surface area contributed by atoms with Gasteiger partial charge in [-0.25, -0.2) is 0 Å². The fourth-order valence-corrected chi connectivity index (χ4v) is 2.75. The summed E-state index contributed by atoms with van der Waals surface area (Å²) in [4.78, 5) is 7.07. The SMILES string of the molecule is CC1CCN(Cc2cccc3cccnc23)CCN1. The first-order chi connectivity index (χ1) is 9.33. The van der Waals surface area contributed by atoms with Gasteiger partial charge in [-0.05, 0) is 25.0 Å². The third-order valence-corrected chi connectivity index (χ3v) is 3.91. The van der Waals surface area contributed by atoms with Gasteiger partial charge in [-0.2, -0.15) is 0 Å². The molecule has 0 aliphatic carbocycles. The van der Waals surface area contributed by atoms with Gasteiger partial charge in [-0.15, -0.1) is 0 Å². The zero-order valence-electron chi connectivity index (χ0n) is 11.5. The number of fused-ring (bicyclic) bond motifs is 1. The Morgan fingerprint density at radius 2 is 2.16 bits per heavy atom. The Morgan fingerprint density at radius 1 is 1.26 bits per heavy atom. The minimum atomic E-state index is 0.635. The van der Waals surface area contributed by atoms with Crippen LogP contribution in [0.15, 0.2) is 36.5 Å². The smallest absolute Gasteiger partial charge is 0.0746 e. The van der Waals surface area contributed by atoms with Crippen molar-refractivity contribution in [2.45, 2.75) is 25.9 Å². The van der Waals surface area contributed by atoms with E-state index in [1.165, 1.54) is 17.4 Å². The van der Waals surface area contributed by atoms with Gasteiger partial charge in [0.1, 0.15) is 0 Å². The van der Waals surface area contributed by atoms with E-state index in [1.807, 2.05) is 12.3 Å². The summed E-state index contributed by atoms with van der Waals surface area (Å²) in [6.07, 6.45) is 3.11. The van der Waals surface area contributed by atoms with Gasteiger partial charge < -0.3 is 5.32 Å². The van der Waals surface area contributed by atoms with Gasteiger partial charge in [0.2, 0.25) is 0 Å². The molecule has 1 aliphatic heterocycles. The van der Waals surface area contributed by atoms with E-state index in [1.54, 1.807) is 0 Å². The molecule has 0 saturated carbocycles. The molecule has 3 nitrogen and oxygen atoms in total. The van der Waals surface area contributed by atoms with Crippen molar-refractivity contribution < 1.29 is 0 Å². The number of nitrogens with one attached hydrogen (secondary N) is 1. The molecule has 1 atom stereocenters. The number of aromatic nitrogens is 1. The first kappa shape index (κ1) is 12.6. The number of nitrogens with zero attached hydrogens (tertiary/aromatic N) is 2. The fourth-order valence-electron chi connectivity index (χ4n) is 2.75. The summed E-state index contributed by atoms with van der Waals surface area (Å²) in [5.74, 6) is 0. The van der Waals surface area contributed by atoms with Crippen molar-refractivity contribution in [2.75, 3.05) is 19.6 Å². The predicted molar refractivity (Wildman–Crippen MR) is 79.1 cm³/mol. The maximum absolute atomic E-state index is 4.54. The van der Waals surface area contributed by atoms with Crippen molar-refractivity contribution in [3.05, 3.63) is 42.1 Å². The molecule has 19 heavy (non-hydrogen) atoms. The molecule has 0 bridgehead atoms. The molecule has 3 heteroatoms. The van der Waals surface area contributed by atoms with E-state index in [0.717, 1.165) is 31.7 Å². The third-order valence-electron chi connectivity index (χ3n) is 3.91. The minimum Gasteiger partial charge on any atom is -0.313 e. The third kappa shape index (κ3) is 2.94. The van der Waals surface area contributed by atoms with Crippen LogP contribution in [0.1, 0.15) is 18.9 Å². The Balaban J connectivity index is 1.81. The van der Waals surface area contributed by atoms with Gasteiger partial charge in [0.15, 0.2) is 0 Å². The quantitative estimate of drug-likeness (QED) is 0.893. The summed E-state index contributed by atoms with van der Waals surface area (Å²) < 4.78 is 0. The van der Waals surface area contributed by atoms with Crippen molar-refractivity contribution in [3.8, 4) is 0 Å². The van der Waals surface area contributed by atoms with E-state index in [-0.39, 0.29) is 0 Å². The van der Waals surface area contributed by atoms with Gasteiger partial charge in [0.05, 0.1) is 5.52 Å². The Hall–Kier alpha value is -1.45. The lowest BCUT2D eigenvalue weighted by Gasteiger charge is -2.20. The summed E-state index contributed by atoms with van der Waals surface area (Å²) in [6.45, 7) is 6.63. The van der Waals surface area contributed by atoms with E-state index in [2.05, 4.69) is 46.4 Å². The molecule has 100 valence electrons. The summed E-state index contributed by atoms with van der Waals surface area (Å²) in [5, 5.41) is 4.78. The van der Waals surface area contributed by atoms with Gasteiger partial charge >= 0.3 is 0 Å². The van der Waals surface area contributed by atoms with Crippen LogP contribution in [0.25, 0.3) is 10.9 Å². The molecule has 1 saturated heterocycles. The highest BCUT2D eigenvalue weighted by atomic mass is 15.2. The maximum Gasteiger partial charge on any atom is 0.0746 e. The topological polar surface area (TPSA) is 28.2 Å². The van der Waals surface area contributed by atoms with Crippen molar-refractivity contribution in [2.24, 2.45) is 0 Å². The zero-order chi connectivity index (χ0) is 13.1. The average molecular weight is 255 g/mol. The van der Waals surface area contributed by atoms with Crippen molar-refractivity contribution in [1.29, 1.82) is 0 Å². The van der Waals surface area contributed by atoms with Crippen molar-refractivity contribution in [1.82, 2.24) is 15.2 Å². The molecular formula is C16H21N3. The molecule has 1 fully saturated rings. The van der Waals surface area contributed by atoms with E-state index >= 15 is 0 Å². The molecule has 2 aromatic rings. The maximum atomic E-state index is 4.54. The molecule has 2 heterocycles. The standard InChI is InChI=1S/C16H21N3/c1-13-7-10-19(11-9-17-13)12-15-5-2-4-14-6-3-8-18-16(14)15/h2-6,8,13,17H,7,9-12H2,1H3. The second kappa shape index (κ2) is 5.68. The summed E-state index contributed by atoms with van der Waals surface area (Å²) in [5.41, 5.74) is 2.49. The zero-order valence-corrected chi connectivity index (χ0v) is 11.5. The summed E-state index contributed by atoms with van der Waals surface area (Å²) in [6, 6.07) is 11.3. The molecular weight excluding hydrogens is 234 g/mol. The Kier molecular flexibility index (Phi) is 3.76. The van der Waals surface area contributed by atoms with Crippen LogP contribution in [-0.2, 0) is 6.54 Å².